The van der Waals surface area contributed by atoms with Crippen LogP contribution in [0, 0.1) is 17.8 Å². The third-order valence-electron chi connectivity index (χ3n) is 5.46. The van der Waals surface area contributed by atoms with Crippen molar-refractivity contribution in [1.82, 2.24) is 0 Å². The Hall–Kier alpha value is 0.532. The first kappa shape index (κ1) is 19.5. The van der Waals surface area contributed by atoms with Crippen LogP contribution in [-0.4, -0.2) is 14.1 Å². The van der Waals surface area contributed by atoms with Gasteiger partial charge in [0.1, 0.15) is 0 Å². The molecule has 19 heavy (non-hydrogen) atoms. The quantitative estimate of drug-likeness (QED) is 0.346. The third-order valence-corrected chi connectivity index (χ3v) is 9.46. The highest BCUT2D eigenvalue weighted by atomic mass is 27.2. The lowest BCUT2D eigenvalue weighted by atomic mass is 10.1. The van der Waals surface area contributed by atoms with Gasteiger partial charge in [-0.2, -0.15) is 0 Å². The van der Waals surface area contributed by atoms with E-state index in [-0.39, 0.29) is 0 Å². The van der Waals surface area contributed by atoms with Gasteiger partial charge in [0, 0.05) is 0 Å². The molecule has 0 radical (unpaired) electrons. The Labute approximate surface area is 128 Å². The molecule has 0 fully saturated rings. The molecule has 0 spiro atoms. The van der Waals surface area contributed by atoms with E-state index in [4.69, 9.17) is 0 Å². The molecule has 0 aliphatic rings. The van der Waals surface area contributed by atoms with Crippen LogP contribution in [0.4, 0.5) is 0 Å². The van der Waals surface area contributed by atoms with E-state index in [9.17, 15) is 0 Å². The van der Waals surface area contributed by atoms with Gasteiger partial charge in [-0.3, -0.25) is 0 Å². The zero-order valence-electron chi connectivity index (χ0n) is 14.7. The summed E-state index contributed by atoms with van der Waals surface area (Å²) < 4.78 is 0. The van der Waals surface area contributed by atoms with Crippen LogP contribution in [0.25, 0.3) is 0 Å². The summed E-state index contributed by atoms with van der Waals surface area (Å²) in [6.45, 7) is 14.4. The summed E-state index contributed by atoms with van der Waals surface area (Å²) in [5.41, 5.74) is 0. The number of rotatable bonds is 12. The van der Waals surface area contributed by atoms with E-state index in [1.54, 1.807) is 15.8 Å². The maximum atomic E-state index is 2.40. The van der Waals surface area contributed by atoms with E-state index < -0.39 is 14.1 Å². The standard InChI is InChI=1S/3C6H13.Al/c3*1-4-6(3)5-2;/h3*6H,3-5H2,1-2H3;. The Bertz CT molecular complexity index is 145. The Kier molecular flexibility index (Phi) is 12.6. The van der Waals surface area contributed by atoms with E-state index in [0.29, 0.717) is 0 Å². The van der Waals surface area contributed by atoms with Crippen molar-refractivity contribution in [2.24, 2.45) is 17.8 Å². The van der Waals surface area contributed by atoms with Gasteiger partial charge in [-0.15, -0.1) is 0 Å². The average Bonchev–Trinajstić information content (AvgIpc) is 2.46. The van der Waals surface area contributed by atoms with Crippen molar-refractivity contribution >= 4 is 14.1 Å². The van der Waals surface area contributed by atoms with Crippen molar-refractivity contribution in [2.45, 2.75) is 95.9 Å². The Morgan fingerprint density at radius 3 is 0.842 bits per heavy atom. The minimum atomic E-state index is -0.513. The van der Waals surface area contributed by atoms with Gasteiger partial charge in [-0.05, 0) is 0 Å². The summed E-state index contributed by atoms with van der Waals surface area (Å²) in [5.74, 6) is 3.08. The molecule has 0 unspecified atom stereocenters. The molecule has 0 saturated carbocycles. The van der Waals surface area contributed by atoms with Crippen LogP contribution in [0.5, 0.6) is 0 Å². The van der Waals surface area contributed by atoms with Crippen LogP contribution in [-0.2, 0) is 0 Å². The molecule has 0 bridgehead atoms. The molecule has 0 atom stereocenters. The van der Waals surface area contributed by atoms with Crippen molar-refractivity contribution in [2.75, 3.05) is 0 Å². The van der Waals surface area contributed by atoms with E-state index in [1.165, 1.54) is 38.5 Å². The summed E-state index contributed by atoms with van der Waals surface area (Å²) in [6, 6.07) is 0. The molecule has 0 N–H and O–H groups in total. The van der Waals surface area contributed by atoms with Crippen molar-refractivity contribution in [3.63, 3.8) is 0 Å². The van der Waals surface area contributed by atoms with Crippen molar-refractivity contribution in [3.05, 3.63) is 0 Å². The summed E-state index contributed by atoms with van der Waals surface area (Å²) >= 11 is -0.513. The first-order chi connectivity index (χ1) is 9.14. The van der Waals surface area contributed by atoms with Crippen LogP contribution >= 0.6 is 0 Å². The highest BCUT2D eigenvalue weighted by molar-refractivity contribution is 6.59. The first-order valence-electron chi connectivity index (χ1n) is 9.14. The normalized spacial score (nSPS) is 11.8. The van der Waals surface area contributed by atoms with Crippen LogP contribution in [0.2, 0.25) is 15.8 Å². The van der Waals surface area contributed by atoms with Crippen LogP contribution in [0.1, 0.15) is 80.1 Å². The summed E-state index contributed by atoms with van der Waals surface area (Å²) in [5, 5.41) is 4.88. The fourth-order valence-corrected chi connectivity index (χ4v) is 8.97. The third kappa shape index (κ3) is 8.42. The van der Waals surface area contributed by atoms with E-state index in [2.05, 4.69) is 41.5 Å². The molecular formula is C18H39Al. The highest BCUT2D eigenvalue weighted by Gasteiger charge is 2.25. The van der Waals surface area contributed by atoms with Crippen LogP contribution in [0.3, 0.4) is 0 Å². The predicted molar refractivity (Wildman–Crippen MR) is 92.4 cm³/mol. The summed E-state index contributed by atoms with van der Waals surface area (Å²) in [7, 11) is 0. The van der Waals surface area contributed by atoms with Gasteiger partial charge in [0.2, 0.25) is 0 Å². The molecule has 0 aliphatic heterocycles. The monoisotopic (exact) mass is 282 g/mol. The predicted octanol–water partition coefficient (Wildman–Crippen LogP) is 6.79. The fourth-order valence-electron chi connectivity index (χ4n) is 3.57. The largest absolute Gasteiger partial charge is 0.262 e. The molecular weight excluding hydrogens is 243 g/mol. The van der Waals surface area contributed by atoms with Crippen molar-refractivity contribution in [1.29, 1.82) is 0 Å². The van der Waals surface area contributed by atoms with Crippen molar-refractivity contribution in [3.8, 4) is 0 Å². The van der Waals surface area contributed by atoms with Gasteiger partial charge in [-0.25, -0.2) is 0 Å². The summed E-state index contributed by atoms with van der Waals surface area (Å²) in [6.07, 6.45) is 8.45. The zero-order chi connectivity index (χ0) is 14.7. The minimum Gasteiger partial charge on any atom is -0.0910 e. The number of hydrogen-bond donors (Lipinski definition) is 0. The second kappa shape index (κ2) is 12.3. The molecule has 0 aromatic heterocycles. The Morgan fingerprint density at radius 1 is 0.474 bits per heavy atom. The van der Waals surface area contributed by atoms with Gasteiger partial charge >= 0.3 is 0 Å². The molecule has 0 rings (SSSR count). The molecule has 1 heteroatoms. The van der Waals surface area contributed by atoms with Gasteiger partial charge in [0.15, 0.2) is 0 Å². The van der Waals surface area contributed by atoms with E-state index in [0.717, 1.165) is 17.8 Å². The highest BCUT2D eigenvalue weighted by Crippen LogP contribution is 2.29. The molecule has 0 aliphatic carbocycles. The Morgan fingerprint density at radius 2 is 0.684 bits per heavy atom. The second-order valence-electron chi connectivity index (χ2n) is 6.62. The zero-order valence-corrected chi connectivity index (χ0v) is 15.8. The van der Waals surface area contributed by atoms with Gasteiger partial charge in [0.05, 0.1) is 0 Å². The van der Waals surface area contributed by atoms with E-state index >= 15 is 0 Å². The van der Waals surface area contributed by atoms with Crippen LogP contribution < -0.4 is 0 Å². The molecule has 0 aromatic rings. The van der Waals surface area contributed by atoms with Gasteiger partial charge < -0.3 is 0 Å². The fraction of sp³-hybridized carbons (Fsp3) is 1.00. The molecule has 0 saturated heterocycles. The molecule has 114 valence electrons. The molecule has 0 amide bonds. The first-order valence-corrected chi connectivity index (χ1v) is 11.6. The molecule has 0 heterocycles. The van der Waals surface area contributed by atoms with Gasteiger partial charge in [0.25, 0.3) is 14.1 Å². The molecule has 0 nitrogen and oxygen atoms in total. The summed E-state index contributed by atoms with van der Waals surface area (Å²) in [4.78, 5) is 0. The topological polar surface area (TPSA) is 0 Å². The van der Waals surface area contributed by atoms with Crippen LogP contribution in [0.15, 0.2) is 0 Å². The lowest BCUT2D eigenvalue weighted by Crippen LogP contribution is -2.23. The average molecular weight is 282 g/mol. The lowest BCUT2D eigenvalue weighted by Gasteiger charge is -2.25. The SMILES string of the molecule is CCC(CC)[CH2][Al]([CH2]C(CC)CC)[CH2]C(CC)CC. The minimum absolute atomic E-state index is 0.513. The van der Waals surface area contributed by atoms with Gasteiger partial charge in [-0.1, -0.05) is 114 Å². The van der Waals surface area contributed by atoms with Crippen molar-refractivity contribution < 1.29 is 0 Å². The second-order valence-corrected chi connectivity index (χ2v) is 9.77. The van der Waals surface area contributed by atoms with E-state index in [1.807, 2.05) is 0 Å². The lowest BCUT2D eigenvalue weighted by molar-refractivity contribution is 0.496. The maximum absolute atomic E-state index is 2.40. The maximum Gasteiger partial charge on any atom is 0.262 e. The smallest absolute Gasteiger partial charge is 0.0910 e. The number of hydrogen-bond acceptors (Lipinski definition) is 0. The Balaban J connectivity index is 4.51. The molecule has 0 aromatic carbocycles.